The van der Waals surface area contributed by atoms with Crippen molar-refractivity contribution in [1.29, 1.82) is 0 Å². The molecule has 2 fully saturated rings. The van der Waals surface area contributed by atoms with E-state index in [0.29, 0.717) is 52.1 Å². The van der Waals surface area contributed by atoms with Crippen LogP contribution in [0.4, 0.5) is 13.2 Å². The summed E-state index contributed by atoms with van der Waals surface area (Å²) < 4.78 is 51.2. The number of carbonyl (C=O) groups excluding carboxylic acids is 1. The average Bonchev–Trinajstić information content (AvgIpc) is 3.05. The van der Waals surface area contributed by atoms with Gasteiger partial charge in [0.1, 0.15) is 5.75 Å². The number of aryl methyl sites for hydroxylation is 1. The zero-order valence-electron chi connectivity index (χ0n) is 24.8. The highest BCUT2D eigenvalue weighted by molar-refractivity contribution is 5.85. The molecule has 5 rings (SSSR count). The first-order valence-electron chi connectivity index (χ1n) is 14.9. The van der Waals surface area contributed by atoms with E-state index in [1.54, 1.807) is 7.11 Å². The number of nitrogens with zero attached hydrogens (tertiary/aromatic N) is 3. The van der Waals surface area contributed by atoms with E-state index in [2.05, 4.69) is 21.6 Å². The van der Waals surface area contributed by atoms with Gasteiger partial charge in [0, 0.05) is 49.9 Å². The Hall–Kier alpha value is -3.69. The third-order valence-corrected chi connectivity index (χ3v) is 8.77. The van der Waals surface area contributed by atoms with E-state index < -0.39 is 28.8 Å². The first-order chi connectivity index (χ1) is 21.3. The summed E-state index contributed by atoms with van der Waals surface area (Å²) in [6, 6.07) is 7.61. The fraction of sp³-hybridized carbons (Fsp3) is 0.455. The monoisotopic (exact) mass is 610 g/mol. The molecule has 1 amide bonds. The van der Waals surface area contributed by atoms with Crippen LogP contribution >= 0.6 is 0 Å². The van der Waals surface area contributed by atoms with Crippen LogP contribution in [0.3, 0.4) is 0 Å². The third kappa shape index (κ3) is 7.33. The first-order valence-corrected chi connectivity index (χ1v) is 14.9. The Morgan fingerprint density at radius 1 is 1.09 bits per heavy atom. The molecule has 3 heterocycles. The van der Waals surface area contributed by atoms with E-state index in [-0.39, 0.29) is 5.56 Å². The number of benzene rings is 2. The minimum absolute atomic E-state index is 0.0571. The largest absolute Gasteiger partial charge is 0.497 e. The van der Waals surface area contributed by atoms with Gasteiger partial charge in [-0.2, -0.15) is 0 Å². The maximum Gasteiger partial charge on any atom is 0.249 e. The van der Waals surface area contributed by atoms with Gasteiger partial charge in [0.2, 0.25) is 5.91 Å². The number of hydrogen-bond acceptors (Lipinski definition) is 7. The van der Waals surface area contributed by atoms with Crippen molar-refractivity contribution >= 4 is 16.8 Å². The minimum atomic E-state index is -1.52. The van der Waals surface area contributed by atoms with Crippen molar-refractivity contribution in [3.8, 4) is 17.6 Å². The molecule has 11 heteroatoms. The highest BCUT2D eigenvalue weighted by Gasteiger charge is 2.40. The van der Waals surface area contributed by atoms with Crippen molar-refractivity contribution in [2.75, 3.05) is 53.0 Å². The molecule has 3 aromatic rings. The summed E-state index contributed by atoms with van der Waals surface area (Å²) in [5, 5.41) is 10.7. The van der Waals surface area contributed by atoms with Gasteiger partial charge in [-0.25, -0.2) is 18.7 Å². The number of piperidine rings is 1. The number of amides is 1. The standard InChI is InChI=1S/C33H37F3N4O4/c1-43-25-6-7-30-27(20-25)26(24(21-37-30)22-40-14-16-44-17-15-40)5-2-8-33(32(41)38-42)9-12-39(13-10-33)11-3-4-23-18-28(34)31(36)29(35)19-23/h6-7,18-21,42H,2,5,8-17,22H2,1H3,(H,38,41). The molecule has 0 unspecified atom stereocenters. The Bertz CT molecular complexity index is 1520. The number of pyridine rings is 1. The van der Waals surface area contributed by atoms with E-state index in [1.165, 1.54) is 5.56 Å². The Morgan fingerprint density at radius 2 is 1.82 bits per heavy atom. The van der Waals surface area contributed by atoms with Crippen LogP contribution in [0.25, 0.3) is 10.9 Å². The maximum atomic E-state index is 13.5. The SMILES string of the molecule is COc1ccc2ncc(CN3CCOCC3)c(CCCC3(C(=O)NO)CCN(CC#Cc4cc(F)c(F)c(F)c4)CC3)c2c1. The molecule has 44 heavy (non-hydrogen) atoms. The second-order valence-corrected chi connectivity index (χ2v) is 11.4. The molecule has 0 aliphatic carbocycles. The quantitative estimate of drug-likeness (QED) is 0.160. The number of methoxy groups -OCH3 is 1. The van der Waals surface area contributed by atoms with E-state index in [4.69, 9.17) is 14.5 Å². The van der Waals surface area contributed by atoms with Gasteiger partial charge in [-0.15, -0.1) is 0 Å². The van der Waals surface area contributed by atoms with Crippen molar-refractivity contribution in [3.05, 3.63) is 70.7 Å². The van der Waals surface area contributed by atoms with Crippen molar-refractivity contribution in [3.63, 3.8) is 0 Å². The predicted octanol–water partition coefficient (Wildman–Crippen LogP) is 4.45. The predicted molar refractivity (Wildman–Crippen MR) is 159 cm³/mol. The molecule has 2 aliphatic rings. The molecular weight excluding hydrogens is 573 g/mol. The zero-order valence-corrected chi connectivity index (χ0v) is 24.8. The maximum absolute atomic E-state index is 13.5. The highest BCUT2D eigenvalue weighted by atomic mass is 19.2. The minimum Gasteiger partial charge on any atom is -0.497 e. The van der Waals surface area contributed by atoms with Crippen LogP contribution in [0.15, 0.2) is 36.5 Å². The fourth-order valence-corrected chi connectivity index (χ4v) is 6.16. The highest BCUT2D eigenvalue weighted by Crippen LogP contribution is 2.38. The van der Waals surface area contributed by atoms with Gasteiger partial charge in [0.25, 0.3) is 0 Å². The molecule has 0 bridgehead atoms. The number of aromatic nitrogens is 1. The van der Waals surface area contributed by atoms with Gasteiger partial charge in [-0.05, 0) is 73.6 Å². The summed E-state index contributed by atoms with van der Waals surface area (Å²) in [7, 11) is 1.64. The normalized spacial score (nSPS) is 17.2. The van der Waals surface area contributed by atoms with E-state index in [0.717, 1.165) is 66.8 Å². The van der Waals surface area contributed by atoms with Crippen molar-refractivity contribution in [2.45, 2.75) is 38.6 Å². The summed E-state index contributed by atoms with van der Waals surface area (Å²) in [5.41, 5.74) is 4.42. The van der Waals surface area contributed by atoms with Gasteiger partial charge < -0.3 is 9.47 Å². The van der Waals surface area contributed by atoms with Gasteiger partial charge >= 0.3 is 0 Å². The van der Waals surface area contributed by atoms with Crippen molar-refractivity contribution in [2.24, 2.45) is 5.41 Å². The first kappa shape index (κ1) is 31.7. The Kier molecular flexibility index (Phi) is 10.4. The number of hydroxylamine groups is 1. The Morgan fingerprint density at radius 3 is 2.50 bits per heavy atom. The summed E-state index contributed by atoms with van der Waals surface area (Å²) in [6.45, 7) is 5.32. The number of nitrogens with one attached hydrogen (secondary N) is 1. The second-order valence-electron chi connectivity index (χ2n) is 11.4. The summed E-state index contributed by atoms with van der Waals surface area (Å²) in [6.07, 6.45) is 5.02. The number of hydrogen-bond donors (Lipinski definition) is 2. The Labute approximate surface area is 255 Å². The summed E-state index contributed by atoms with van der Waals surface area (Å²) in [5.74, 6) is 1.86. The van der Waals surface area contributed by atoms with Crippen molar-refractivity contribution < 1.29 is 32.6 Å². The molecule has 2 N–H and O–H groups in total. The van der Waals surface area contributed by atoms with E-state index in [1.807, 2.05) is 29.9 Å². The molecule has 1 aromatic heterocycles. The number of carbonyl (C=O) groups is 1. The smallest absolute Gasteiger partial charge is 0.249 e. The molecule has 234 valence electrons. The van der Waals surface area contributed by atoms with Crippen LogP contribution in [0, 0.1) is 34.7 Å². The summed E-state index contributed by atoms with van der Waals surface area (Å²) >= 11 is 0. The van der Waals surface area contributed by atoms with Crippen molar-refractivity contribution in [1.82, 2.24) is 20.3 Å². The third-order valence-electron chi connectivity index (χ3n) is 8.77. The lowest BCUT2D eigenvalue weighted by molar-refractivity contribution is -0.143. The molecule has 0 atom stereocenters. The topological polar surface area (TPSA) is 87.2 Å². The molecule has 2 aromatic carbocycles. The fourth-order valence-electron chi connectivity index (χ4n) is 6.16. The molecule has 8 nitrogen and oxygen atoms in total. The number of halogens is 3. The molecule has 0 radical (unpaired) electrons. The lowest BCUT2D eigenvalue weighted by Gasteiger charge is -2.39. The lowest BCUT2D eigenvalue weighted by atomic mass is 9.73. The number of rotatable bonds is 9. The van der Waals surface area contributed by atoms with E-state index >= 15 is 0 Å². The number of likely N-dealkylation sites (tertiary alicyclic amines) is 1. The molecule has 2 saturated heterocycles. The van der Waals surface area contributed by atoms with Gasteiger partial charge in [-0.1, -0.05) is 11.8 Å². The van der Waals surface area contributed by atoms with Crippen LogP contribution in [0.2, 0.25) is 0 Å². The summed E-state index contributed by atoms with van der Waals surface area (Å²) in [4.78, 5) is 22.1. The van der Waals surface area contributed by atoms with Gasteiger partial charge in [0.15, 0.2) is 17.5 Å². The average molecular weight is 611 g/mol. The molecule has 2 aliphatic heterocycles. The molecule has 0 saturated carbocycles. The number of morpholine rings is 1. The van der Waals surface area contributed by atoms with Crippen LogP contribution in [0.5, 0.6) is 5.75 Å². The number of fused-ring (bicyclic) bond motifs is 1. The van der Waals surface area contributed by atoms with E-state index in [9.17, 15) is 23.2 Å². The van der Waals surface area contributed by atoms with Crippen LogP contribution < -0.4 is 10.2 Å². The van der Waals surface area contributed by atoms with Gasteiger partial charge in [-0.3, -0.25) is 24.8 Å². The lowest BCUT2D eigenvalue weighted by Crippen LogP contribution is -2.48. The molecule has 0 spiro atoms. The molecular formula is C33H37F3N4O4. The number of ether oxygens (including phenoxy) is 2. The van der Waals surface area contributed by atoms with Crippen LogP contribution in [-0.4, -0.2) is 78.9 Å². The zero-order chi connectivity index (χ0) is 31.1. The second kappa shape index (κ2) is 14.4. The van der Waals surface area contributed by atoms with Crippen LogP contribution in [0.1, 0.15) is 42.4 Å². The van der Waals surface area contributed by atoms with Gasteiger partial charge in [0.05, 0.1) is 37.8 Å². The van der Waals surface area contributed by atoms with Crippen LogP contribution in [-0.2, 0) is 22.5 Å². The Balaban J connectivity index is 1.27.